The van der Waals surface area contributed by atoms with Crippen molar-refractivity contribution in [3.63, 3.8) is 0 Å². The molecule has 0 saturated carbocycles. The summed E-state index contributed by atoms with van der Waals surface area (Å²) in [6.07, 6.45) is 1.99. The Morgan fingerprint density at radius 1 is 1.32 bits per heavy atom. The predicted octanol–water partition coefficient (Wildman–Crippen LogP) is 3.43. The van der Waals surface area contributed by atoms with Gasteiger partial charge in [0.1, 0.15) is 0 Å². The van der Waals surface area contributed by atoms with E-state index in [0.717, 1.165) is 43.1 Å². The quantitative estimate of drug-likeness (QED) is 0.859. The Labute approximate surface area is 138 Å². The van der Waals surface area contributed by atoms with Crippen LogP contribution in [0, 0.1) is 5.41 Å². The summed E-state index contributed by atoms with van der Waals surface area (Å²) in [4.78, 5) is 15.3. The molecule has 2 aliphatic heterocycles. The molecule has 22 heavy (non-hydrogen) atoms. The molecule has 1 N–H and O–H groups in total. The number of nitrogens with zero attached hydrogens (tertiary/aromatic N) is 1. The molecule has 1 spiro atoms. The highest BCUT2D eigenvalue weighted by Gasteiger charge is 2.56. The summed E-state index contributed by atoms with van der Waals surface area (Å²) in [7, 11) is 0. The maximum absolute atomic E-state index is 13.3. The lowest BCUT2D eigenvalue weighted by molar-refractivity contribution is -0.141. The summed E-state index contributed by atoms with van der Waals surface area (Å²) in [6.45, 7) is 8.86. The van der Waals surface area contributed by atoms with Crippen LogP contribution in [0.4, 0.5) is 0 Å². The number of halogens is 1. The Morgan fingerprint density at radius 2 is 2.05 bits per heavy atom. The summed E-state index contributed by atoms with van der Waals surface area (Å²) >= 11 is 6.47. The first-order valence-corrected chi connectivity index (χ1v) is 8.51. The van der Waals surface area contributed by atoms with Gasteiger partial charge < -0.3 is 10.2 Å². The number of hydrogen-bond acceptors (Lipinski definition) is 2. The van der Waals surface area contributed by atoms with E-state index >= 15 is 0 Å². The first kappa shape index (κ1) is 15.8. The minimum absolute atomic E-state index is 0.155. The van der Waals surface area contributed by atoms with Crippen LogP contribution < -0.4 is 5.32 Å². The second-order valence-electron chi connectivity index (χ2n) is 7.60. The molecular weight excluding hydrogens is 296 g/mol. The molecule has 0 aromatic heterocycles. The van der Waals surface area contributed by atoms with E-state index in [0.29, 0.717) is 0 Å². The molecular formula is C18H25ClN2O. The molecule has 1 aromatic carbocycles. The van der Waals surface area contributed by atoms with Crippen LogP contribution in [0.1, 0.15) is 45.1 Å². The topological polar surface area (TPSA) is 32.3 Å². The maximum Gasteiger partial charge on any atom is 0.231 e. The minimum atomic E-state index is -0.337. The van der Waals surface area contributed by atoms with Crippen LogP contribution in [0.3, 0.4) is 0 Å². The van der Waals surface area contributed by atoms with Gasteiger partial charge in [0.05, 0.1) is 5.41 Å². The van der Waals surface area contributed by atoms with Gasteiger partial charge in [0.25, 0.3) is 0 Å². The van der Waals surface area contributed by atoms with E-state index in [1.54, 1.807) is 0 Å². The molecule has 1 amide bonds. The highest BCUT2D eigenvalue weighted by molar-refractivity contribution is 6.31. The van der Waals surface area contributed by atoms with E-state index < -0.39 is 0 Å². The zero-order valence-electron chi connectivity index (χ0n) is 13.7. The molecule has 2 fully saturated rings. The first-order chi connectivity index (χ1) is 10.4. The van der Waals surface area contributed by atoms with Crippen LogP contribution in [-0.4, -0.2) is 36.0 Å². The van der Waals surface area contributed by atoms with Crippen molar-refractivity contribution in [2.45, 2.75) is 45.1 Å². The number of carbonyl (C=O) groups excluding carboxylic acids is 1. The summed E-state index contributed by atoms with van der Waals surface area (Å²) in [5, 5.41) is 4.23. The lowest BCUT2D eigenvalue weighted by Gasteiger charge is -2.38. The van der Waals surface area contributed by atoms with Crippen LogP contribution in [-0.2, 0) is 4.79 Å². The van der Waals surface area contributed by atoms with Gasteiger partial charge in [-0.3, -0.25) is 4.79 Å². The molecule has 2 heterocycles. The fourth-order valence-electron chi connectivity index (χ4n) is 4.00. The fraction of sp³-hybridized carbons (Fsp3) is 0.611. The third kappa shape index (κ3) is 2.44. The molecule has 3 nitrogen and oxygen atoms in total. The molecule has 0 aliphatic carbocycles. The number of hydrogen-bond donors (Lipinski definition) is 1. The second-order valence-corrected chi connectivity index (χ2v) is 8.00. The van der Waals surface area contributed by atoms with E-state index in [9.17, 15) is 4.79 Å². The van der Waals surface area contributed by atoms with Crippen molar-refractivity contribution in [2.24, 2.45) is 5.41 Å². The Balaban J connectivity index is 2.06. The Morgan fingerprint density at radius 3 is 2.64 bits per heavy atom. The van der Waals surface area contributed by atoms with E-state index in [-0.39, 0.29) is 22.8 Å². The van der Waals surface area contributed by atoms with Gasteiger partial charge >= 0.3 is 0 Å². The average Bonchev–Trinajstić information content (AvgIpc) is 2.74. The van der Waals surface area contributed by atoms with Crippen molar-refractivity contribution in [1.29, 1.82) is 0 Å². The highest BCUT2D eigenvalue weighted by atomic mass is 35.5. The lowest BCUT2D eigenvalue weighted by Crippen LogP contribution is -2.50. The van der Waals surface area contributed by atoms with Gasteiger partial charge in [-0.05, 0) is 51.8 Å². The van der Waals surface area contributed by atoms with Gasteiger partial charge in [0.2, 0.25) is 5.91 Å². The zero-order valence-corrected chi connectivity index (χ0v) is 14.4. The number of likely N-dealkylation sites (tertiary alicyclic amines) is 1. The van der Waals surface area contributed by atoms with Crippen LogP contribution in [0.15, 0.2) is 24.3 Å². The van der Waals surface area contributed by atoms with Crippen molar-refractivity contribution in [3.05, 3.63) is 34.9 Å². The van der Waals surface area contributed by atoms with Crippen LogP contribution in [0.5, 0.6) is 0 Å². The molecule has 3 rings (SSSR count). The molecule has 120 valence electrons. The van der Waals surface area contributed by atoms with Crippen LogP contribution in [0.2, 0.25) is 5.02 Å². The summed E-state index contributed by atoms with van der Waals surface area (Å²) in [5.41, 5.74) is 0.626. The van der Waals surface area contributed by atoms with Gasteiger partial charge in [-0.15, -0.1) is 0 Å². The van der Waals surface area contributed by atoms with Crippen molar-refractivity contribution in [2.75, 3.05) is 19.6 Å². The standard InChI is InChI=1S/C18H25ClN2O/c1-17(2,3)21-11-14(13-7-4-5-8-15(13)19)18(16(21)22)9-6-10-20-12-18/h4-5,7-8,14,20H,6,9-12H2,1-3H3. The number of rotatable bonds is 1. The predicted molar refractivity (Wildman–Crippen MR) is 90.2 cm³/mol. The summed E-state index contributed by atoms with van der Waals surface area (Å²) in [5.74, 6) is 0.456. The van der Waals surface area contributed by atoms with Crippen molar-refractivity contribution >= 4 is 17.5 Å². The van der Waals surface area contributed by atoms with E-state index in [1.165, 1.54) is 0 Å². The Kier molecular flexibility index (Phi) is 3.98. The SMILES string of the molecule is CC(C)(C)N1CC(c2ccccc2Cl)C2(CCCNC2)C1=O. The normalized spacial score (nSPS) is 29.4. The third-order valence-corrected chi connectivity index (χ3v) is 5.55. The van der Waals surface area contributed by atoms with E-state index in [1.807, 2.05) is 23.1 Å². The number of nitrogens with one attached hydrogen (secondary N) is 1. The molecule has 4 heteroatoms. The van der Waals surface area contributed by atoms with Crippen LogP contribution in [0.25, 0.3) is 0 Å². The second kappa shape index (κ2) is 5.54. The van der Waals surface area contributed by atoms with E-state index in [2.05, 4.69) is 32.2 Å². The third-order valence-electron chi connectivity index (χ3n) is 5.21. The van der Waals surface area contributed by atoms with Crippen molar-refractivity contribution < 1.29 is 4.79 Å². The molecule has 2 unspecified atom stereocenters. The molecule has 2 saturated heterocycles. The molecule has 0 bridgehead atoms. The zero-order chi connectivity index (χ0) is 16.0. The smallest absolute Gasteiger partial charge is 0.231 e. The van der Waals surface area contributed by atoms with Gasteiger partial charge in [0, 0.05) is 29.6 Å². The molecule has 2 aliphatic rings. The average molecular weight is 321 g/mol. The monoisotopic (exact) mass is 320 g/mol. The summed E-state index contributed by atoms with van der Waals surface area (Å²) < 4.78 is 0. The molecule has 0 radical (unpaired) electrons. The number of amides is 1. The lowest BCUT2D eigenvalue weighted by atomic mass is 9.69. The fourth-order valence-corrected chi connectivity index (χ4v) is 4.27. The van der Waals surface area contributed by atoms with Gasteiger partial charge in [-0.2, -0.15) is 0 Å². The summed E-state index contributed by atoms with van der Waals surface area (Å²) in [6, 6.07) is 8.00. The Bertz CT molecular complexity index is 573. The van der Waals surface area contributed by atoms with Gasteiger partial charge in [-0.1, -0.05) is 29.8 Å². The molecule has 2 atom stereocenters. The maximum atomic E-state index is 13.3. The number of benzene rings is 1. The van der Waals surface area contributed by atoms with Crippen molar-refractivity contribution in [1.82, 2.24) is 10.2 Å². The largest absolute Gasteiger partial charge is 0.337 e. The number of carbonyl (C=O) groups is 1. The highest BCUT2D eigenvalue weighted by Crippen LogP contribution is 2.50. The van der Waals surface area contributed by atoms with Gasteiger partial charge in [0.15, 0.2) is 0 Å². The van der Waals surface area contributed by atoms with Crippen molar-refractivity contribution in [3.8, 4) is 0 Å². The molecule has 1 aromatic rings. The van der Waals surface area contributed by atoms with Gasteiger partial charge in [-0.25, -0.2) is 0 Å². The number of piperidine rings is 1. The Hall–Kier alpha value is -1.06. The first-order valence-electron chi connectivity index (χ1n) is 8.13. The minimum Gasteiger partial charge on any atom is -0.337 e. The van der Waals surface area contributed by atoms with E-state index in [4.69, 9.17) is 11.6 Å². The van der Waals surface area contributed by atoms with Crippen LogP contribution >= 0.6 is 11.6 Å².